The number of nitrogens with one attached hydrogen (secondary N) is 3. The first kappa shape index (κ1) is 12.6. The van der Waals surface area contributed by atoms with Crippen LogP contribution in [0.2, 0.25) is 0 Å². The van der Waals surface area contributed by atoms with Gasteiger partial charge in [0, 0.05) is 32.1 Å². The van der Waals surface area contributed by atoms with Gasteiger partial charge in [0.2, 0.25) is 0 Å². The van der Waals surface area contributed by atoms with Crippen LogP contribution in [-0.4, -0.2) is 57.2 Å². The molecular weight excluding hydrogens is 216 g/mol. The van der Waals surface area contributed by atoms with Crippen LogP contribution in [0.5, 0.6) is 0 Å². The van der Waals surface area contributed by atoms with Gasteiger partial charge in [-0.3, -0.25) is 0 Å². The number of nitrogens with zero attached hydrogens (tertiary/aromatic N) is 1. The fourth-order valence-electron chi connectivity index (χ4n) is 2.30. The standard InChI is InChI=1S/C12H24N4O/c1-16-4-2-10(3-5-16)8-14-12(17)15-9-11-6-13-7-11/h10-11,13H,2-9H2,1H3,(H2,14,15,17). The van der Waals surface area contributed by atoms with Gasteiger partial charge in [-0.15, -0.1) is 0 Å². The molecule has 0 spiro atoms. The second-order valence-corrected chi connectivity index (χ2v) is 5.36. The summed E-state index contributed by atoms with van der Waals surface area (Å²) in [7, 11) is 2.16. The van der Waals surface area contributed by atoms with Crippen molar-refractivity contribution in [3.63, 3.8) is 0 Å². The van der Waals surface area contributed by atoms with Crippen molar-refractivity contribution >= 4 is 6.03 Å². The lowest BCUT2D eigenvalue weighted by atomic mass is 9.97. The summed E-state index contributed by atoms with van der Waals surface area (Å²) in [6.07, 6.45) is 2.40. The van der Waals surface area contributed by atoms with E-state index in [0.717, 1.165) is 39.3 Å². The van der Waals surface area contributed by atoms with E-state index in [0.29, 0.717) is 11.8 Å². The van der Waals surface area contributed by atoms with E-state index in [1.165, 1.54) is 12.8 Å². The summed E-state index contributed by atoms with van der Waals surface area (Å²) in [5, 5.41) is 9.11. The van der Waals surface area contributed by atoms with Gasteiger partial charge in [-0.2, -0.15) is 0 Å². The summed E-state index contributed by atoms with van der Waals surface area (Å²) < 4.78 is 0. The fraction of sp³-hybridized carbons (Fsp3) is 0.917. The Kier molecular flexibility index (Phi) is 4.62. The van der Waals surface area contributed by atoms with Gasteiger partial charge in [-0.25, -0.2) is 4.79 Å². The molecular formula is C12H24N4O. The van der Waals surface area contributed by atoms with Crippen molar-refractivity contribution < 1.29 is 4.79 Å². The molecule has 2 aliphatic heterocycles. The highest BCUT2D eigenvalue weighted by Crippen LogP contribution is 2.14. The Bertz CT molecular complexity index is 247. The normalized spacial score (nSPS) is 23.1. The maximum atomic E-state index is 11.5. The number of carbonyl (C=O) groups is 1. The maximum Gasteiger partial charge on any atom is 0.314 e. The molecule has 0 aromatic carbocycles. The SMILES string of the molecule is CN1CCC(CNC(=O)NCC2CNC2)CC1. The van der Waals surface area contributed by atoms with E-state index in [1.54, 1.807) is 0 Å². The summed E-state index contributed by atoms with van der Waals surface area (Å²) in [5.74, 6) is 1.28. The van der Waals surface area contributed by atoms with Crippen LogP contribution in [0.1, 0.15) is 12.8 Å². The summed E-state index contributed by atoms with van der Waals surface area (Å²) in [6, 6.07) is -0.00386. The molecule has 5 nitrogen and oxygen atoms in total. The molecule has 3 N–H and O–H groups in total. The minimum Gasteiger partial charge on any atom is -0.338 e. The van der Waals surface area contributed by atoms with Crippen molar-refractivity contribution in [2.45, 2.75) is 12.8 Å². The van der Waals surface area contributed by atoms with Gasteiger partial charge in [0.15, 0.2) is 0 Å². The molecule has 0 aromatic heterocycles. The lowest BCUT2D eigenvalue weighted by molar-refractivity contribution is 0.208. The molecule has 2 amide bonds. The summed E-state index contributed by atoms with van der Waals surface area (Å²) >= 11 is 0. The third kappa shape index (κ3) is 4.16. The number of carbonyl (C=O) groups excluding carboxylic acids is 1. The summed E-state index contributed by atoms with van der Waals surface area (Å²) in [4.78, 5) is 13.9. The van der Waals surface area contributed by atoms with E-state index >= 15 is 0 Å². The monoisotopic (exact) mass is 240 g/mol. The first-order chi connectivity index (χ1) is 8.24. The number of urea groups is 1. The van der Waals surface area contributed by atoms with Gasteiger partial charge in [-0.1, -0.05) is 0 Å². The number of amides is 2. The van der Waals surface area contributed by atoms with E-state index in [4.69, 9.17) is 0 Å². The fourth-order valence-corrected chi connectivity index (χ4v) is 2.30. The Balaban J connectivity index is 1.52. The predicted octanol–water partition coefficient (Wildman–Crippen LogP) is -0.153. The van der Waals surface area contributed by atoms with Crippen LogP contribution in [-0.2, 0) is 0 Å². The van der Waals surface area contributed by atoms with Gasteiger partial charge in [0.1, 0.15) is 0 Å². The quantitative estimate of drug-likeness (QED) is 0.640. The van der Waals surface area contributed by atoms with Crippen molar-refractivity contribution in [1.82, 2.24) is 20.9 Å². The molecule has 98 valence electrons. The highest BCUT2D eigenvalue weighted by molar-refractivity contribution is 5.73. The molecule has 0 atom stereocenters. The predicted molar refractivity (Wildman–Crippen MR) is 68.0 cm³/mol. The molecule has 0 unspecified atom stereocenters. The third-order valence-electron chi connectivity index (χ3n) is 3.81. The first-order valence-electron chi connectivity index (χ1n) is 6.65. The number of piperidine rings is 1. The Morgan fingerprint density at radius 1 is 1.18 bits per heavy atom. The van der Waals surface area contributed by atoms with Crippen LogP contribution in [0, 0.1) is 11.8 Å². The lowest BCUT2D eigenvalue weighted by Crippen LogP contribution is -2.50. The molecule has 2 heterocycles. The smallest absolute Gasteiger partial charge is 0.314 e. The number of hydrogen-bond acceptors (Lipinski definition) is 3. The highest BCUT2D eigenvalue weighted by Gasteiger charge is 2.19. The molecule has 0 radical (unpaired) electrons. The molecule has 0 aliphatic carbocycles. The van der Waals surface area contributed by atoms with Crippen LogP contribution in [0.25, 0.3) is 0 Å². The molecule has 0 saturated carbocycles. The highest BCUT2D eigenvalue weighted by atomic mass is 16.2. The van der Waals surface area contributed by atoms with Crippen molar-refractivity contribution in [3.8, 4) is 0 Å². The van der Waals surface area contributed by atoms with E-state index in [1.807, 2.05) is 0 Å². The zero-order valence-corrected chi connectivity index (χ0v) is 10.7. The van der Waals surface area contributed by atoms with Crippen molar-refractivity contribution in [2.75, 3.05) is 46.3 Å². The first-order valence-corrected chi connectivity index (χ1v) is 6.65. The molecule has 0 aromatic rings. The topological polar surface area (TPSA) is 56.4 Å². The second kappa shape index (κ2) is 6.21. The maximum absolute atomic E-state index is 11.5. The average molecular weight is 240 g/mol. The molecule has 2 rings (SSSR count). The Labute approximate surface area is 103 Å². The van der Waals surface area contributed by atoms with Gasteiger partial charge < -0.3 is 20.9 Å². The van der Waals surface area contributed by atoms with Crippen molar-refractivity contribution in [1.29, 1.82) is 0 Å². The second-order valence-electron chi connectivity index (χ2n) is 5.36. The molecule has 2 aliphatic rings. The zero-order chi connectivity index (χ0) is 12.1. The van der Waals surface area contributed by atoms with Gasteiger partial charge in [0.05, 0.1) is 0 Å². The van der Waals surface area contributed by atoms with Gasteiger partial charge in [-0.05, 0) is 38.9 Å². The van der Waals surface area contributed by atoms with E-state index in [9.17, 15) is 4.79 Å². The van der Waals surface area contributed by atoms with E-state index in [-0.39, 0.29) is 6.03 Å². The average Bonchev–Trinajstić information content (AvgIpc) is 2.26. The zero-order valence-electron chi connectivity index (χ0n) is 10.7. The molecule has 0 bridgehead atoms. The van der Waals surface area contributed by atoms with Crippen LogP contribution in [0.4, 0.5) is 4.79 Å². The van der Waals surface area contributed by atoms with Crippen molar-refractivity contribution in [3.05, 3.63) is 0 Å². The number of likely N-dealkylation sites (tertiary alicyclic amines) is 1. The lowest BCUT2D eigenvalue weighted by Gasteiger charge is -2.29. The van der Waals surface area contributed by atoms with E-state index < -0.39 is 0 Å². The third-order valence-corrected chi connectivity index (χ3v) is 3.81. The molecule has 17 heavy (non-hydrogen) atoms. The van der Waals surface area contributed by atoms with Gasteiger partial charge in [0.25, 0.3) is 0 Å². The Morgan fingerprint density at radius 3 is 2.29 bits per heavy atom. The Hall–Kier alpha value is -0.810. The molecule has 5 heteroatoms. The minimum absolute atomic E-state index is 0.00386. The number of rotatable bonds is 4. The van der Waals surface area contributed by atoms with E-state index in [2.05, 4.69) is 27.9 Å². The summed E-state index contributed by atoms with van der Waals surface area (Å²) in [5.41, 5.74) is 0. The largest absolute Gasteiger partial charge is 0.338 e. The minimum atomic E-state index is -0.00386. The summed E-state index contributed by atoms with van der Waals surface area (Å²) in [6.45, 7) is 6.00. The Morgan fingerprint density at radius 2 is 1.76 bits per heavy atom. The van der Waals surface area contributed by atoms with Gasteiger partial charge >= 0.3 is 6.03 Å². The molecule has 2 saturated heterocycles. The van der Waals surface area contributed by atoms with Crippen LogP contribution in [0.15, 0.2) is 0 Å². The number of hydrogen-bond donors (Lipinski definition) is 3. The van der Waals surface area contributed by atoms with Crippen LogP contribution >= 0.6 is 0 Å². The molecule has 2 fully saturated rings. The van der Waals surface area contributed by atoms with Crippen molar-refractivity contribution in [2.24, 2.45) is 11.8 Å². The van der Waals surface area contributed by atoms with Crippen LogP contribution in [0.3, 0.4) is 0 Å². The van der Waals surface area contributed by atoms with Crippen LogP contribution < -0.4 is 16.0 Å².